The van der Waals surface area contributed by atoms with E-state index in [4.69, 9.17) is 0 Å². The van der Waals surface area contributed by atoms with Crippen LogP contribution < -0.4 is 10.6 Å². The fourth-order valence-electron chi connectivity index (χ4n) is 3.66. The number of amides is 3. The number of piperidine rings is 1. The Hall–Kier alpha value is -2.30. The van der Waals surface area contributed by atoms with Crippen molar-refractivity contribution >= 4 is 11.9 Å². The maximum absolute atomic E-state index is 12.3. The summed E-state index contributed by atoms with van der Waals surface area (Å²) in [6, 6.07) is 9.43. The van der Waals surface area contributed by atoms with E-state index < -0.39 is 0 Å². The Morgan fingerprint density at radius 1 is 1.08 bits per heavy atom. The number of urea groups is 1. The molecular formula is C21H29N3O2. The normalized spacial score (nSPS) is 18.2. The predicted molar refractivity (Wildman–Crippen MR) is 103 cm³/mol. The van der Waals surface area contributed by atoms with Gasteiger partial charge in [0.15, 0.2) is 0 Å². The van der Waals surface area contributed by atoms with Gasteiger partial charge in [0.05, 0.1) is 0 Å². The fourth-order valence-corrected chi connectivity index (χ4v) is 3.66. The lowest BCUT2D eigenvalue weighted by Crippen LogP contribution is -2.49. The molecule has 0 atom stereocenters. The van der Waals surface area contributed by atoms with E-state index >= 15 is 0 Å². The third-order valence-electron chi connectivity index (χ3n) is 5.26. The molecule has 5 heteroatoms. The number of carbonyl (C=O) groups excluding carboxylic acids is 2. The van der Waals surface area contributed by atoms with Gasteiger partial charge in [0.2, 0.25) is 0 Å². The Morgan fingerprint density at radius 2 is 1.85 bits per heavy atom. The van der Waals surface area contributed by atoms with E-state index in [-0.39, 0.29) is 18.0 Å². The van der Waals surface area contributed by atoms with Crippen molar-refractivity contribution in [2.45, 2.75) is 51.0 Å². The maximum atomic E-state index is 12.3. The molecule has 1 aromatic carbocycles. The first-order chi connectivity index (χ1) is 12.7. The van der Waals surface area contributed by atoms with Gasteiger partial charge in [-0.25, -0.2) is 4.79 Å². The Balaban J connectivity index is 1.35. The minimum atomic E-state index is -0.0331. The second kappa shape index (κ2) is 9.41. The molecule has 1 fully saturated rings. The van der Waals surface area contributed by atoms with Gasteiger partial charge in [-0.3, -0.25) is 4.79 Å². The molecule has 0 saturated carbocycles. The van der Waals surface area contributed by atoms with Crippen LogP contribution in [-0.4, -0.2) is 42.5 Å². The summed E-state index contributed by atoms with van der Waals surface area (Å²) < 4.78 is 0. The highest BCUT2D eigenvalue weighted by molar-refractivity contribution is 5.94. The molecule has 140 valence electrons. The molecule has 2 aliphatic rings. The summed E-state index contributed by atoms with van der Waals surface area (Å²) in [5, 5.41) is 6.12. The Bertz CT molecular complexity index is 634. The fraction of sp³-hybridized carbons (Fsp3) is 0.524. The van der Waals surface area contributed by atoms with Crippen molar-refractivity contribution in [3.05, 3.63) is 47.5 Å². The highest BCUT2D eigenvalue weighted by atomic mass is 16.2. The largest absolute Gasteiger partial charge is 0.349 e. The topological polar surface area (TPSA) is 61.4 Å². The molecule has 0 spiro atoms. The third-order valence-corrected chi connectivity index (χ3v) is 5.26. The molecule has 1 saturated heterocycles. The summed E-state index contributed by atoms with van der Waals surface area (Å²) in [5.74, 6) is -0.0331. The van der Waals surface area contributed by atoms with Gasteiger partial charge in [-0.1, -0.05) is 29.8 Å². The van der Waals surface area contributed by atoms with Crippen molar-refractivity contribution in [2.75, 3.05) is 19.6 Å². The molecule has 0 bridgehead atoms. The van der Waals surface area contributed by atoms with Gasteiger partial charge in [-0.15, -0.1) is 0 Å². The zero-order chi connectivity index (χ0) is 18.2. The lowest BCUT2D eigenvalue weighted by molar-refractivity contribution is 0.0918. The smallest absolute Gasteiger partial charge is 0.317 e. The quantitative estimate of drug-likeness (QED) is 0.795. The molecule has 3 amide bonds. The maximum Gasteiger partial charge on any atom is 0.317 e. The number of likely N-dealkylation sites (tertiary alicyclic amines) is 1. The van der Waals surface area contributed by atoms with Gasteiger partial charge in [-0.05, 0) is 57.1 Å². The number of nitrogens with zero attached hydrogens (tertiary/aromatic N) is 1. The zero-order valence-electron chi connectivity index (χ0n) is 15.4. The Morgan fingerprint density at radius 3 is 2.54 bits per heavy atom. The van der Waals surface area contributed by atoms with Crippen LogP contribution in [0.15, 0.2) is 42.0 Å². The summed E-state index contributed by atoms with van der Waals surface area (Å²) in [6.07, 6.45) is 9.85. The molecule has 26 heavy (non-hydrogen) atoms. The average Bonchev–Trinajstić information content (AvgIpc) is 2.70. The second-order valence-corrected chi connectivity index (χ2v) is 7.19. The monoisotopic (exact) mass is 355 g/mol. The second-order valence-electron chi connectivity index (χ2n) is 7.19. The summed E-state index contributed by atoms with van der Waals surface area (Å²) in [6.45, 7) is 2.10. The molecule has 1 aliphatic carbocycles. The van der Waals surface area contributed by atoms with E-state index in [0.29, 0.717) is 18.7 Å². The number of nitrogens with one attached hydrogen (secondary N) is 2. The average molecular weight is 355 g/mol. The minimum Gasteiger partial charge on any atom is -0.349 e. The van der Waals surface area contributed by atoms with E-state index in [1.807, 2.05) is 35.2 Å². The molecule has 1 aliphatic heterocycles. The molecule has 2 N–H and O–H groups in total. The number of hydrogen-bond acceptors (Lipinski definition) is 2. The summed E-state index contributed by atoms with van der Waals surface area (Å²) >= 11 is 0. The summed E-state index contributed by atoms with van der Waals surface area (Å²) in [4.78, 5) is 26.4. The Kier molecular flexibility index (Phi) is 6.69. The Labute approximate surface area is 155 Å². The molecule has 1 heterocycles. The van der Waals surface area contributed by atoms with Crippen molar-refractivity contribution in [1.82, 2.24) is 15.5 Å². The van der Waals surface area contributed by atoms with Crippen LogP contribution in [0, 0.1) is 0 Å². The van der Waals surface area contributed by atoms with Crippen LogP contribution in [0.25, 0.3) is 0 Å². The molecule has 1 aromatic rings. The van der Waals surface area contributed by atoms with Crippen LogP contribution in [0.1, 0.15) is 55.3 Å². The lowest BCUT2D eigenvalue weighted by atomic mass is 9.97. The van der Waals surface area contributed by atoms with E-state index in [9.17, 15) is 9.59 Å². The highest BCUT2D eigenvalue weighted by Gasteiger charge is 2.24. The van der Waals surface area contributed by atoms with Crippen molar-refractivity contribution in [3.8, 4) is 0 Å². The van der Waals surface area contributed by atoms with Gasteiger partial charge in [0.25, 0.3) is 5.91 Å². The van der Waals surface area contributed by atoms with Crippen LogP contribution in [0.5, 0.6) is 0 Å². The number of carbonyl (C=O) groups is 2. The lowest BCUT2D eigenvalue weighted by Gasteiger charge is -2.32. The number of benzene rings is 1. The number of allylic oxidation sites excluding steroid dienone is 1. The van der Waals surface area contributed by atoms with Crippen molar-refractivity contribution in [2.24, 2.45) is 0 Å². The van der Waals surface area contributed by atoms with E-state index in [0.717, 1.165) is 25.8 Å². The molecule has 0 unspecified atom stereocenters. The molecule has 0 radical (unpaired) electrons. The van der Waals surface area contributed by atoms with Crippen LogP contribution in [0.3, 0.4) is 0 Å². The first-order valence-corrected chi connectivity index (χ1v) is 9.79. The van der Waals surface area contributed by atoms with Gasteiger partial charge in [-0.2, -0.15) is 0 Å². The van der Waals surface area contributed by atoms with Crippen LogP contribution in [0.2, 0.25) is 0 Å². The van der Waals surface area contributed by atoms with Crippen LogP contribution in [-0.2, 0) is 0 Å². The molecule has 5 nitrogen and oxygen atoms in total. The molecular weight excluding hydrogens is 326 g/mol. The van der Waals surface area contributed by atoms with E-state index in [1.54, 1.807) is 0 Å². The minimum absolute atomic E-state index is 0.0224. The van der Waals surface area contributed by atoms with Crippen molar-refractivity contribution in [1.29, 1.82) is 0 Å². The van der Waals surface area contributed by atoms with Crippen LogP contribution >= 0.6 is 0 Å². The third kappa shape index (κ3) is 5.35. The number of hydrogen-bond donors (Lipinski definition) is 2. The standard InChI is InChI=1S/C21H29N3O2/c25-20(18-9-5-2-6-10-18)23-19-12-15-24(16-13-19)21(26)22-14-11-17-7-3-1-4-8-17/h2,5-7,9-10,19H,1,3-4,8,11-16H2,(H,22,26)(H,23,25). The first kappa shape index (κ1) is 18.5. The summed E-state index contributed by atoms with van der Waals surface area (Å²) in [5.41, 5.74) is 2.17. The van der Waals surface area contributed by atoms with E-state index in [1.165, 1.54) is 31.3 Å². The molecule has 3 rings (SSSR count). The zero-order valence-corrected chi connectivity index (χ0v) is 15.4. The van der Waals surface area contributed by atoms with Gasteiger partial charge < -0.3 is 15.5 Å². The first-order valence-electron chi connectivity index (χ1n) is 9.79. The summed E-state index contributed by atoms with van der Waals surface area (Å²) in [7, 11) is 0. The van der Waals surface area contributed by atoms with Crippen molar-refractivity contribution in [3.63, 3.8) is 0 Å². The SMILES string of the molecule is O=C(NC1CCN(C(=O)NCCC2=CCCCC2)CC1)c1ccccc1. The van der Waals surface area contributed by atoms with Crippen molar-refractivity contribution < 1.29 is 9.59 Å². The molecule has 0 aromatic heterocycles. The highest BCUT2D eigenvalue weighted by Crippen LogP contribution is 2.19. The van der Waals surface area contributed by atoms with Gasteiger partial charge in [0.1, 0.15) is 0 Å². The predicted octanol–water partition coefficient (Wildman–Crippen LogP) is 3.48. The number of rotatable bonds is 5. The van der Waals surface area contributed by atoms with E-state index in [2.05, 4.69) is 16.7 Å². The van der Waals surface area contributed by atoms with Gasteiger partial charge >= 0.3 is 6.03 Å². The van der Waals surface area contributed by atoms with Gasteiger partial charge in [0, 0.05) is 31.2 Å². The van der Waals surface area contributed by atoms with Crippen LogP contribution in [0.4, 0.5) is 4.79 Å².